The number of aromatic nitrogens is 3. The van der Waals surface area contributed by atoms with Gasteiger partial charge in [-0.25, -0.2) is 13.9 Å². The van der Waals surface area contributed by atoms with E-state index in [1.54, 1.807) is 6.07 Å². The third kappa shape index (κ3) is 2.87. The van der Waals surface area contributed by atoms with Gasteiger partial charge in [0.25, 0.3) is 0 Å². The van der Waals surface area contributed by atoms with Crippen molar-refractivity contribution < 1.29 is 3.89 Å². The maximum absolute atomic E-state index is 13.2. The van der Waals surface area contributed by atoms with Gasteiger partial charge in [0.2, 0.25) is 0 Å². The van der Waals surface area contributed by atoms with E-state index in [4.69, 9.17) is 11.6 Å². The maximum Gasteiger partial charge on any atom is 0.179 e. The third-order valence-electron chi connectivity index (χ3n) is 3.49. The second-order valence-electron chi connectivity index (χ2n) is 4.68. The maximum atomic E-state index is 13.2. The fourth-order valence-electron chi connectivity index (χ4n) is 2.14. The van der Waals surface area contributed by atoms with E-state index in [9.17, 15) is 3.89 Å². The predicted octanol–water partition coefficient (Wildman–Crippen LogP) is 4.75. The number of imidazole rings is 1. The van der Waals surface area contributed by atoms with Gasteiger partial charge >= 0.3 is 0 Å². The topological polar surface area (TPSA) is 30.7 Å². The van der Waals surface area contributed by atoms with Gasteiger partial charge in [0.15, 0.2) is 18.0 Å². The van der Waals surface area contributed by atoms with Gasteiger partial charge in [0, 0.05) is 6.42 Å². The highest BCUT2D eigenvalue weighted by molar-refractivity contribution is 7.92. The summed E-state index contributed by atoms with van der Waals surface area (Å²) in [5.74, 6) is 1.24. The first-order valence-electron chi connectivity index (χ1n) is 6.44. The van der Waals surface area contributed by atoms with Gasteiger partial charge in [-0.05, 0) is 18.9 Å². The molecule has 2 aromatic heterocycles. The Bertz CT molecular complexity index is 581. The first-order chi connectivity index (χ1) is 9.10. The number of aryl methyl sites for hydroxylation is 1. The van der Waals surface area contributed by atoms with E-state index in [-0.39, 0.29) is 12.3 Å². The summed E-state index contributed by atoms with van der Waals surface area (Å²) in [5, 5.41) is 0.539. The van der Waals surface area contributed by atoms with Crippen LogP contribution < -0.4 is 0 Å². The van der Waals surface area contributed by atoms with E-state index in [0.717, 1.165) is 30.8 Å². The summed E-state index contributed by atoms with van der Waals surface area (Å²) in [4.78, 5) is 8.77. The summed E-state index contributed by atoms with van der Waals surface area (Å²) in [6, 6.07) is 1.73. The molecule has 2 rings (SSSR count). The molecule has 0 aromatic carbocycles. The van der Waals surface area contributed by atoms with Crippen molar-refractivity contribution in [3.05, 3.63) is 22.6 Å². The molecule has 104 valence electrons. The van der Waals surface area contributed by atoms with Crippen molar-refractivity contribution >= 4 is 35.1 Å². The Kier molecular flexibility index (Phi) is 4.68. The van der Waals surface area contributed by atoms with Crippen molar-refractivity contribution in [2.45, 2.75) is 40.0 Å². The molecular formula is C13H17ClFN3S. The molecule has 2 aromatic rings. The second-order valence-corrected chi connectivity index (χ2v) is 5.59. The minimum absolute atomic E-state index is 0.165. The van der Waals surface area contributed by atoms with Crippen LogP contribution in [0.2, 0.25) is 5.02 Å². The molecule has 0 saturated heterocycles. The lowest BCUT2D eigenvalue weighted by Gasteiger charge is -2.11. The van der Waals surface area contributed by atoms with E-state index >= 15 is 0 Å². The van der Waals surface area contributed by atoms with Crippen LogP contribution in [0.1, 0.15) is 38.2 Å². The van der Waals surface area contributed by atoms with Gasteiger partial charge in [-0.3, -0.25) is 0 Å². The molecule has 0 N–H and O–H groups in total. The van der Waals surface area contributed by atoms with Crippen molar-refractivity contribution in [3.63, 3.8) is 0 Å². The van der Waals surface area contributed by atoms with Crippen LogP contribution in [-0.4, -0.2) is 13.9 Å². The Morgan fingerprint density at radius 1 is 1.37 bits per heavy atom. The minimum Gasteiger partial charge on any atom is -0.240 e. The van der Waals surface area contributed by atoms with E-state index in [1.165, 1.54) is 3.97 Å². The van der Waals surface area contributed by atoms with E-state index in [0.29, 0.717) is 22.1 Å². The van der Waals surface area contributed by atoms with Gasteiger partial charge < -0.3 is 0 Å². The highest BCUT2D eigenvalue weighted by Crippen LogP contribution is 2.27. The molecule has 0 amide bonds. The molecule has 6 heteroatoms. The number of pyridine rings is 1. The molecule has 0 spiro atoms. The molecule has 3 nitrogen and oxygen atoms in total. The molecule has 0 aliphatic rings. The molecule has 0 fully saturated rings. The molecule has 2 heterocycles. The van der Waals surface area contributed by atoms with Gasteiger partial charge in [0.05, 0.1) is 10.7 Å². The second kappa shape index (κ2) is 6.09. The first-order valence-corrected chi connectivity index (χ1v) is 7.49. The fourth-order valence-corrected chi connectivity index (χ4v) is 2.69. The summed E-state index contributed by atoms with van der Waals surface area (Å²) in [6.45, 7) is 6.11. The lowest BCUT2D eigenvalue weighted by molar-refractivity contribution is 0.479. The standard InChI is InChI=1S/C13H17ClFN3S/c1-4-9(5-2)6-12-17-13-11(18(12)19-15)7-10(14)8(3)16-13/h7,9H,4-6H2,1-3H3. The van der Waals surface area contributed by atoms with Crippen molar-refractivity contribution in [1.29, 1.82) is 0 Å². The zero-order chi connectivity index (χ0) is 14.0. The van der Waals surface area contributed by atoms with Crippen molar-refractivity contribution in [2.24, 2.45) is 5.92 Å². The molecule has 19 heavy (non-hydrogen) atoms. The Hall–Kier alpha value is -0.810. The third-order valence-corrected chi connectivity index (χ3v) is 4.42. The number of rotatable bonds is 5. The molecular weight excluding hydrogens is 285 g/mol. The molecule has 0 unspecified atom stereocenters. The lowest BCUT2D eigenvalue weighted by atomic mass is 9.99. The van der Waals surface area contributed by atoms with Crippen LogP contribution in [0.25, 0.3) is 11.2 Å². The van der Waals surface area contributed by atoms with Crippen LogP contribution in [0.4, 0.5) is 3.89 Å². The van der Waals surface area contributed by atoms with Crippen LogP contribution in [0.15, 0.2) is 6.07 Å². The Balaban J connectivity index is 2.49. The smallest absolute Gasteiger partial charge is 0.179 e. The quantitative estimate of drug-likeness (QED) is 0.798. The number of hydrogen-bond acceptors (Lipinski definition) is 3. The molecule has 0 saturated carbocycles. The molecule has 0 aliphatic heterocycles. The van der Waals surface area contributed by atoms with Gasteiger partial charge in [-0.1, -0.05) is 38.3 Å². The van der Waals surface area contributed by atoms with Crippen LogP contribution >= 0.6 is 23.9 Å². The normalized spacial score (nSPS) is 11.7. The highest BCUT2D eigenvalue weighted by atomic mass is 35.5. The highest BCUT2D eigenvalue weighted by Gasteiger charge is 2.17. The predicted molar refractivity (Wildman–Crippen MR) is 79.1 cm³/mol. The lowest BCUT2D eigenvalue weighted by Crippen LogP contribution is -2.05. The van der Waals surface area contributed by atoms with E-state index < -0.39 is 0 Å². The van der Waals surface area contributed by atoms with Crippen LogP contribution in [0.3, 0.4) is 0 Å². The average molecular weight is 302 g/mol. The zero-order valence-corrected chi connectivity index (χ0v) is 12.9. The van der Waals surface area contributed by atoms with Crippen molar-refractivity contribution in [2.75, 3.05) is 0 Å². The SMILES string of the molecule is CCC(CC)Cc1nc2nc(C)c(Cl)cc2n1SF. The largest absolute Gasteiger partial charge is 0.240 e. The van der Waals surface area contributed by atoms with Gasteiger partial charge in [-0.2, -0.15) is 0 Å². The minimum atomic E-state index is 0.165. The average Bonchev–Trinajstić information content (AvgIpc) is 2.73. The van der Waals surface area contributed by atoms with E-state index in [2.05, 4.69) is 23.8 Å². The van der Waals surface area contributed by atoms with Crippen LogP contribution in [0.5, 0.6) is 0 Å². The Morgan fingerprint density at radius 2 is 2.05 bits per heavy atom. The number of nitrogens with zero attached hydrogens (tertiary/aromatic N) is 3. The zero-order valence-electron chi connectivity index (χ0n) is 11.3. The number of fused-ring (bicyclic) bond motifs is 1. The summed E-state index contributed by atoms with van der Waals surface area (Å²) >= 11 is 6.22. The summed E-state index contributed by atoms with van der Waals surface area (Å²) in [5.41, 5.74) is 1.92. The molecule has 0 atom stereocenters. The van der Waals surface area contributed by atoms with Gasteiger partial charge in [0.1, 0.15) is 11.3 Å². The molecule has 0 radical (unpaired) electrons. The molecule has 0 aliphatic carbocycles. The van der Waals surface area contributed by atoms with Crippen LogP contribution in [-0.2, 0) is 6.42 Å². The van der Waals surface area contributed by atoms with Gasteiger partial charge in [-0.15, -0.1) is 3.89 Å². The van der Waals surface area contributed by atoms with Crippen molar-refractivity contribution in [1.82, 2.24) is 13.9 Å². The fraction of sp³-hybridized carbons (Fsp3) is 0.538. The summed E-state index contributed by atoms with van der Waals surface area (Å²) < 4.78 is 14.7. The Morgan fingerprint density at radius 3 is 2.63 bits per heavy atom. The van der Waals surface area contributed by atoms with Crippen molar-refractivity contribution in [3.8, 4) is 0 Å². The monoisotopic (exact) mass is 301 g/mol. The number of halogens is 2. The number of hydrogen-bond donors (Lipinski definition) is 0. The molecule has 0 bridgehead atoms. The van der Waals surface area contributed by atoms with E-state index in [1.807, 2.05) is 6.92 Å². The summed E-state index contributed by atoms with van der Waals surface area (Å²) in [7, 11) is 0. The van der Waals surface area contributed by atoms with Crippen LogP contribution in [0, 0.1) is 12.8 Å². The summed E-state index contributed by atoms with van der Waals surface area (Å²) in [6.07, 6.45) is 2.88. The first kappa shape index (κ1) is 14.6. The Labute approximate surface area is 122 Å².